The first-order chi connectivity index (χ1) is 20.1. The highest BCUT2D eigenvalue weighted by Crippen LogP contribution is 2.58. The van der Waals surface area contributed by atoms with Crippen LogP contribution in [0.25, 0.3) is 11.2 Å². The number of aromatic hydroxyl groups is 1. The van der Waals surface area contributed by atoms with Crippen molar-refractivity contribution in [3.8, 4) is 11.8 Å². The first-order valence-corrected chi connectivity index (χ1v) is 16.2. The molecule has 1 aliphatic rings. The average molecular weight is 647 g/mol. The van der Waals surface area contributed by atoms with Gasteiger partial charge in [0.1, 0.15) is 23.9 Å². The van der Waals surface area contributed by atoms with Crippen LogP contribution in [0.4, 0.5) is 5.95 Å². The number of hydrogen-bond donors (Lipinski definition) is 6. The second kappa shape index (κ2) is 12.4. The van der Waals surface area contributed by atoms with Gasteiger partial charge in [-0.1, -0.05) is 0 Å². The molecule has 1 unspecified atom stereocenters. The van der Waals surface area contributed by atoms with Crippen molar-refractivity contribution < 1.29 is 43.4 Å². The Morgan fingerprint density at radius 2 is 2.07 bits per heavy atom. The van der Waals surface area contributed by atoms with E-state index in [0.717, 1.165) is 4.57 Å². The molecule has 6 atom stereocenters. The molecule has 1 aliphatic heterocycles. The number of aliphatic hydroxyl groups is 2. The molecule has 20 heteroatoms. The predicted molar refractivity (Wildman–Crippen MR) is 153 cm³/mol. The number of imidazole rings is 2. The van der Waals surface area contributed by atoms with E-state index in [-0.39, 0.29) is 34.4 Å². The summed E-state index contributed by atoms with van der Waals surface area (Å²) >= 11 is 0.689. The molecule has 7 N–H and O–H groups in total. The molecule has 0 aromatic carbocycles. The molecular formula is C23H35N8O10PS. The first-order valence-electron chi connectivity index (χ1n) is 13.0. The maximum atomic E-state index is 14.0. The van der Waals surface area contributed by atoms with Crippen LogP contribution in [0.1, 0.15) is 39.6 Å². The molecule has 238 valence electrons. The van der Waals surface area contributed by atoms with E-state index in [2.05, 4.69) is 25.0 Å². The molecule has 0 saturated carbocycles. The number of nitrogen functional groups attached to an aromatic ring is 1. The van der Waals surface area contributed by atoms with Gasteiger partial charge in [0.2, 0.25) is 17.7 Å². The minimum atomic E-state index is -4.05. The lowest BCUT2D eigenvalue weighted by molar-refractivity contribution is -0.149. The molecule has 3 aromatic heterocycles. The van der Waals surface area contributed by atoms with E-state index >= 15 is 0 Å². The van der Waals surface area contributed by atoms with Gasteiger partial charge in [-0.3, -0.25) is 23.5 Å². The van der Waals surface area contributed by atoms with E-state index < -0.39 is 67.1 Å². The van der Waals surface area contributed by atoms with E-state index in [4.69, 9.17) is 24.5 Å². The highest BCUT2D eigenvalue weighted by Gasteiger charge is 2.54. The number of carbonyl (C=O) groups is 1. The largest absolute Gasteiger partial charge is 0.493 e. The fourth-order valence-electron chi connectivity index (χ4n) is 4.36. The molecule has 0 amide bonds. The zero-order chi connectivity index (χ0) is 31.9. The van der Waals surface area contributed by atoms with Gasteiger partial charge in [0.25, 0.3) is 0 Å². The average Bonchev–Trinajstić information content (AvgIpc) is 3.52. The number of nitrogens with one attached hydrogen (secondary N) is 2. The number of nitrogens with zero attached hydrogens (tertiary/aromatic N) is 5. The number of carbonyl (C=O) groups excluding carboxylic acids is 1. The lowest BCUT2D eigenvalue weighted by Crippen LogP contribution is -2.44. The van der Waals surface area contributed by atoms with Crippen molar-refractivity contribution in [3.63, 3.8) is 0 Å². The number of aliphatic hydroxyl groups excluding tert-OH is 1. The number of nitrogens with two attached hydrogens (primary N) is 1. The van der Waals surface area contributed by atoms with Crippen LogP contribution >= 0.6 is 18.1 Å². The van der Waals surface area contributed by atoms with Crippen LogP contribution in [-0.4, -0.2) is 94.0 Å². The van der Waals surface area contributed by atoms with Crippen molar-refractivity contribution in [2.75, 3.05) is 19.5 Å². The number of methoxy groups -OCH3 is 1. The van der Waals surface area contributed by atoms with E-state index in [1.165, 1.54) is 38.9 Å². The normalized spacial score (nSPS) is 24.3. The summed E-state index contributed by atoms with van der Waals surface area (Å²) in [6.45, 7) is 1.52. The second-order valence-electron chi connectivity index (χ2n) is 10.3. The lowest BCUT2D eigenvalue weighted by atomic mass is 9.96. The van der Waals surface area contributed by atoms with Crippen LogP contribution in [0.5, 0.6) is 11.8 Å². The molecule has 3 aromatic rings. The number of rotatable bonds is 12. The Labute approximate surface area is 249 Å². The summed E-state index contributed by atoms with van der Waals surface area (Å²) in [6, 6.07) is -1.09. The van der Waals surface area contributed by atoms with Gasteiger partial charge in [0, 0.05) is 12.8 Å². The molecule has 0 radical (unpaired) electrons. The number of fused-ring (bicyclic) bond motifs is 1. The molecule has 4 heterocycles. The van der Waals surface area contributed by atoms with Crippen molar-refractivity contribution in [1.29, 1.82) is 0 Å². The lowest BCUT2D eigenvalue weighted by Gasteiger charge is -2.27. The summed E-state index contributed by atoms with van der Waals surface area (Å²) in [4.78, 5) is 38.9. The Morgan fingerprint density at radius 1 is 1.37 bits per heavy atom. The molecule has 43 heavy (non-hydrogen) atoms. The summed E-state index contributed by atoms with van der Waals surface area (Å²) in [7, 11) is 2.79. The third kappa shape index (κ3) is 6.67. The van der Waals surface area contributed by atoms with Crippen molar-refractivity contribution in [2.45, 2.75) is 69.6 Å². The monoisotopic (exact) mass is 646 g/mol. The third-order valence-corrected chi connectivity index (χ3v) is 10.6. The summed E-state index contributed by atoms with van der Waals surface area (Å²) in [5.74, 6) is -1.31. The van der Waals surface area contributed by atoms with Crippen LogP contribution in [0.3, 0.4) is 0 Å². The van der Waals surface area contributed by atoms with Gasteiger partial charge in [-0.15, -0.1) is 0 Å². The van der Waals surface area contributed by atoms with Gasteiger partial charge in [-0.05, 0) is 39.1 Å². The molecule has 0 bridgehead atoms. The van der Waals surface area contributed by atoms with Crippen LogP contribution in [0, 0.1) is 0 Å². The number of aromatic amines is 1. The number of aromatic nitrogens is 6. The van der Waals surface area contributed by atoms with Crippen LogP contribution in [-0.2, 0) is 36.2 Å². The molecule has 0 aliphatic carbocycles. The van der Waals surface area contributed by atoms with Gasteiger partial charge in [-0.25, -0.2) is 14.9 Å². The Morgan fingerprint density at radius 3 is 2.67 bits per heavy atom. The van der Waals surface area contributed by atoms with E-state index in [9.17, 15) is 29.5 Å². The first kappa shape index (κ1) is 32.7. The van der Waals surface area contributed by atoms with Crippen molar-refractivity contribution >= 4 is 41.2 Å². The number of hydrogen-bond acceptors (Lipinski definition) is 15. The van der Waals surface area contributed by atoms with E-state index in [1.807, 2.05) is 0 Å². The van der Waals surface area contributed by atoms with Crippen molar-refractivity contribution in [2.24, 2.45) is 7.05 Å². The number of esters is 1. The van der Waals surface area contributed by atoms with Crippen molar-refractivity contribution in [1.82, 2.24) is 34.2 Å². The highest BCUT2D eigenvalue weighted by molar-refractivity contribution is 8.55. The third-order valence-electron chi connectivity index (χ3n) is 6.65. The van der Waals surface area contributed by atoms with Crippen LogP contribution < -0.4 is 21.2 Å². The zero-order valence-corrected chi connectivity index (χ0v) is 26.0. The number of ether oxygens (including phenoxy) is 3. The highest BCUT2D eigenvalue weighted by atomic mass is 32.7. The summed E-state index contributed by atoms with van der Waals surface area (Å²) in [5.41, 5.74) is 3.83. The maximum absolute atomic E-state index is 14.0. The predicted octanol–water partition coefficient (Wildman–Crippen LogP) is 0.147. The molecule has 1 fully saturated rings. The van der Waals surface area contributed by atoms with Gasteiger partial charge in [0.05, 0.1) is 31.8 Å². The Bertz CT molecular complexity index is 1590. The molecule has 0 spiro atoms. The minimum absolute atomic E-state index is 0.0967. The van der Waals surface area contributed by atoms with E-state index in [1.54, 1.807) is 13.8 Å². The Balaban J connectivity index is 1.57. The summed E-state index contributed by atoms with van der Waals surface area (Å²) in [5, 5.41) is 35.0. The molecule has 4 rings (SSSR count). The maximum Gasteiger partial charge on any atom is 0.328 e. The smallest absolute Gasteiger partial charge is 0.328 e. The Kier molecular flexibility index (Phi) is 9.46. The van der Waals surface area contributed by atoms with Crippen LogP contribution in [0.15, 0.2) is 11.1 Å². The van der Waals surface area contributed by atoms with E-state index in [0.29, 0.717) is 11.4 Å². The molecule has 18 nitrogen and oxygen atoms in total. The quantitative estimate of drug-likeness (QED) is 0.113. The second-order valence-corrected chi connectivity index (χ2v) is 14.6. The van der Waals surface area contributed by atoms with Crippen LogP contribution in [0.2, 0.25) is 0 Å². The zero-order valence-electron chi connectivity index (χ0n) is 24.2. The number of anilines is 1. The standard InChI is InChI=1S/C23H35N8O10PS/c1-10(2)40-19(34)11(3)29-42(37,43-8-12-17(33)27-22(35)30(12)5)39-7-13-15(32)23(4,36)20(41-13)31-9-25-14-16(31)26-21(24)28-18(14)38-6/h9-11,13,15,20,32-33,36H,7-8H2,1-6H3,(H,27,35)(H,29,37)(H2,24,26,28)/t11-,13?,15-,20-,23-,42+/m1/s1. The Hall–Kier alpha value is -3.19. The fraction of sp³-hybridized carbons (Fsp3) is 0.609. The minimum Gasteiger partial charge on any atom is -0.493 e. The number of H-pyrrole nitrogens is 1. The summed E-state index contributed by atoms with van der Waals surface area (Å²) < 4.78 is 38.6. The topological polar surface area (TPSA) is 251 Å². The fourth-order valence-corrected chi connectivity index (χ4v) is 8.11. The van der Waals surface area contributed by atoms with Gasteiger partial charge in [-0.2, -0.15) is 9.97 Å². The van der Waals surface area contributed by atoms with Crippen molar-refractivity contribution in [3.05, 3.63) is 22.5 Å². The van der Waals surface area contributed by atoms with Gasteiger partial charge >= 0.3 is 18.4 Å². The summed E-state index contributed by atoms with van der Waals surface area (Å²) in [6.07, 6.45) is -3.14. The van der Waals surface area contributed by atoms with Gasteiger partial charge < -0.3 is 39.8 Å². The molecule has 1 saturated heterocycles. The molecular weight excluding hydrogens is 611 g/mol. The van der Waals surface area contributed by atoms with Gasteiger partial charge in [0.15, 0.2) is 17.4 Å². The SMILES string of the molecule is COc1nc(N)nc2c1ncn2[C@@H]1OC(CO[P@@](=O)(N[C@H](C)C(=O)OC(C)C)SCc2c(O)[nH]c(=O)n2C)[C@@H](O)[C@@]1(C)O.